The number of hydrogen-bond acceptors (Lipinski definition) is 5. The van der Waals surface area contributed by atoms with E-state index in [2.05, 4.69) is 5.10 Å². The molecule has 5 nitrogen and oxygen atoms in total. The van der Waals surface area contributed by atoms with Gasteiger partial charge in [0.05, 0.1) is 22.3 Å². The lowest BCUT2D eigenvalue weighted by atomic mass is 10.1. The molecule has 3 heterocycles. The Morgan fingerprint density at radius 3 is 2.85 bits per heavy atom. The van der Waals surface area contributed by atoms with Gasteiger partial charge in [-0.15, -0.1) is 11.6 Å². The number of aromatic nitrogens is 2. The minimum Gasteiger partial charge on any atom is -0.367 e. The van der Waals surface area contributed by atoms with Crippen LogP contribution in [0.3, 0.4) is 0 Å². The first-order chi connectivity index (χ1) is 13.0. The molecule has 2 aliphatic rings. The molecule has 0 radical (unpaired) electrons. The van der Waals surface area contributed by atoms with Crippen LogP contribution in [0.4, 0.5) is 10.1 Å². The molecule has 2 aromatic heterocycles. The van der Waals surface area contributed by atoms with E-state index in [1.54, 1.807) is 24.1 Å². The highest BCUT2D eigenvalue weighted by Gasteiger charge is 2.71. The summed E-state index contributed by atoms with van der Waals surface area (Å²) in [7, 11) is 1.76. The zero-order valence-electron chi connectivity index (χ0n) is 14.3. The van der Waals surface area contributed by atoms with Crippen molar-refractivity contribution < 1.29 is 9.50 Å². The van der Waals surface area contributed by atoms with Crippen molar-refractivity contribution in [1.82, 2.24) is 9.61 Å². The van der Waals surface area contributed by atoms with Gasteiger partial charge in [0.2, 0.25) is 0 Å². The Morgan fingerprint density at radius 1 is 1.30 bits per heavy atom. The summed E-state index contributed by atoms with van der Waals surface area (Å²) in [6.45, 7) is 0. The van der Waals surface area contributed by atoms with Crippen LogP contribution in [0.2, 0.25) is 0 Å². The third kappa shape index (κ3) is 2.42. The molecule has 27 heavy (non-hydrogen) atoms. The first kappa shape index (κ1) is 17.0. The van der Waals surface area contributed by atoms with Gasteiger partial charge in [0, 0.05) is 24.5 Å². The monoisotopic (exact) mass is 402 g/mol. The van der Waals surface area contributed by atoms with Crippen molar-refractivity contribution in [2.45, 2.75) is 22.4 Å². The minimum atomic E-state index is -0.921. The Labute approximate surface area is 164 Å². The molecule has 5 rings (SSSR count). The predicted octanol–water partition coefficient (Wildman–Crippen LogP) is 3.26. The van der Waals surface area contributed by atoms with Gasteiger partial charge < -0.3 is 10.0 Å². The number of alkyl halides is 1. The fourth-order valence-corrected chi connectivity index (χ4v) is 5.77. The third-order valence-corrected chi connectivity index (χ3v) is 7.40. The number of pyridine rings is 1. The van der Waals surface area contributed by atoms with Gasteiger partial charge in [0.25, 0.3) is 0 Å². The van der Waals surface area contributed by atoms with Gasteiger partial charge in [0.1, 0.15) is 16.4 Å². The van der Waals surface area contributed by atoms with Crippen LogP contribution in [-0.4, -0.2) is 43.7 Å². The number of hydrogen-bond donors (Lipinski definition) is 1. The summed E-state index contributed by atoms with van der Waals surface area (Å²) < 4.78 is 15.0. The van der Waals surface area contributed by atoms with E-state index in [1.165, 1.54) is 23.9 Å². The number of aliphatic hydroxyl groups is 1. The number of rotatable bonds is 4. The number of anilines is 1. The van der Waals surface area contributed by atoms with Crippen LogP contribution in [0.1, 0.15) is 5.56 Å². The normalized spacial score (nSPS) is 27.3. The minimum absolute atomic E-state index is 0.0682. The molecule has 1 aromatic carbocycles. The highest BCUT2D eigenvalue weighted by Crippen LogP contribution is 2.65. The summed E-state index contributed by atoms with van der Waals surface area (Å²) in [6.07, 6.45) is 2.78. The van der Waals surface area contributed by atoms with E-state index in [9.17, 15) is 9.50 Å². The maximum atomic E-state index is 13.2. The van der Waals surface area contributed by atoms with Crippen LogP contribution in [-0.2, 0) is 5.54 Å². The molecule has 0 bridgehead atoms. The first-order valence-electron chi connectivity index (χ1n) is 8.52. The molecule has 0 saturated heterocycles. The topological polar surface area (TPSA) is 53.1 Å². The van der Waals surface area contributed by atoms with Gasteiger partial charge in [-0.2, -0.15) is 5.10 Å². The fourth-order valence-electron chi connectivity index (χ4n) is 3.62. The number of benzene rings is 1. The average Bonchev–Trinajstić information content (AvgIpc) is 3.06. The number of nitrogens with zero attached hydrogens (tertiary/aromatic N) is 4. The molecule has 0 amide bonds. The molecule has 4 unspecified atom stereocenters. The second kappa shape index (κ2) is 5.95. The molecule has 3 aromatic rings. The molecule has 138 valence electrons. The number of halogens is 2. The van der Waals surface area contributed by atoms with Crippen molar-refractivity contribution in [2.75, 3.05) is 11.9 Å². The fraction of sp³-hybridized carbons (Fsp3) is 0.263. The Morgan fingerprint density at radius 2 is 2.07 bits per heavy atom. The zero-order chi connectivity index (χ0) is 18.8. The highest BCUT2D eigenvalue weighted by molar-refractivity contribution is 8.15. The van der Waals surface area contributed by atoms with E-state index in [4.69, 9.17) is 16.6 Å². The van der Waals surface area contributed by atoms with Gasteiger partial charge in [-0.05, 0) is 36.4 Å². The summed E-state index contributed by atoms with van der Waals surface area (Å²) in [5.41, 5.74) is 2.10. The van der Waals surface area contributed by atoms with Gasteiger partial charge in [0.15, 0.2) is 6.23 Å². The lowest BCUT2D eigenvalue weighted by Gasteiger charge is -2.26. The summed E-state index contributed by atoms with van der Waals surface area (Å²) in [6, 6.07) is 11.9. The molecule has 4 atom stereocenters. The van der Waals surface area contributed by atoms with Crippen molar-refractivity contribution >= 4 is 39.6 Å². The molecule has 1 aliphatic heterocycles. The molecule has 1 fully saturated rings. The summed E-state index contributed by atoms with van der Waals surface area (Å²) in [5, 5.41) is 15.8. The molecule has 1 saturated carbocycles. The Balaban J connectivity index is 1.49. The molecule has 0 spiro atoms. The second-order valence-electron chi connectivity index (χ2n) is 6.77. The van der Waals surface area contributed by atoms with E-state index >= 15 is 0 Å². The van der Waals surface area contributed by atoms with Crippen LogP contribution in [0.5, 0.6) is 0 Å². The Bertz CT molecular complexity index is 1060. The first-order valence-corrected chi connectivity index (χ1v) is 9.84. The van der Waals surface area contributed by atoms with Gasteiger partial charge in [-0.3, -0.25) is 4.99 Å². The van der Waals surface area contributed by atoms with Crippen LogP contribution >= 0.6 is 23.4 Å². The summed E-state index contributed by atoms with van der Waals surface area (Å²) in [4.78, 5) is 6.53. The Hall–Kier alpha value is -2.09. The van der Waals surface area contributed by atoms with E-state index in [0.29, 0.717) is 10.7 Å². The van der Waals surface area contributed by atoms with Crippen molar-refractivity contribution in [3.63, 3.8) is 0 Å². The van der Waals surface area contributed by atoms with Crippen molar-refractivity contribution in [2.24, 2.45) is 4.99 Å². The maximum absolute atomic E-state index is 13.2. The highest BCUT2D eigenvalue weighted by atomic mass is 35.5. The Kier molecular flexibility index (Phi) is 3.76. The van der Waals surface area contributed by atoms with Crippen LogP contribution in [0.25, 0.3) is 5.52 Å². The predicted molar refractivity (Wildman–Crippen MR) is 106 cm³/mol. The van der Waals surface area contributed by atoms with Gasteiger partial charge in [-0.25, -0.2) is 8.91 Å². The number of fused-ring (bicyclic) bond motifs is 2. The lowest BCUT2D eigenvalue weighted by Crippen LogP contribution is -2.37. The summed E-state index contributed by atoms with van der Waals surface area (Å²) in [5.74, 6) is -0.313. The SMILES string of the molecule is CN(c1ccc(F)cc1)C(O)C1=NC2(c3cnn4ccccc34)C(Cl)C2S1. The quantitative estimate of drug-likeness (QED) is 0.537. The average molecular weight is 403 g/mol. The molecule has 1 N–H and O–H groups in total. The smallest absolute Gasteiger partial charge is 0.176 e. The summed E-state index contributed by atoms with van der Waals surface area (Å²) >= 11 is 8.09. The van der Waals surface area contributed by atoms with Crippen molar-refractivity contribution in [3.05, 3.63) is 66.2 Å². The number of thioether (sulfide) groups is 1. The molecule has 1 aliphatic carbocycles. The number of aliphatic hydroxyl groups excluding tert-OH is 1. The van der Waals surface area contributed by atoms with Crippen LogP contribution in [0, 0.1) is 5.82 Å². The second-order valence-corrected chi connectivity index (χ2v) is 8.40. The maximum Gasteiger partial charge on any atom is 0.176 e. The van der Waals surface area contributed by atoms with Gasteiger partial charge >= 0.3 is 0 Å². The van der Waals surface area contributed by atoms with E-state index in [-0.39, 0.29) is 16.4 Å². The van der Waals surface area contributed by atoms with Gasteiger partial charge in [-0.1, -0.05) is 17.8 Å². The molecule has 8 heteroatoms. The van der Waals surface area contributed by atoms with Crippen molar-refractivity contribution in [3.8, 4) is 0 Å². The van der Waals surface area contributed by atoms with E-state index < -0.39 is 11.8 Å². The van der Waals surface area contributed by atoms with Crippen LogP contribution < -0.4 is 4.90 Å². The lowest BCUT2D eigenvalue weighted by molar-refractivity contribution is 0.244. The number of aliphatic imine (C=N–C) groups is 1. The largest absolute Gasteiger partial charge is 0.367 e. The zero-order valence-corrected chi connectivity index (χ0v) is 15.9. The van der Waals surface area contributed by atoms with E-state index in [1.807, 2.05) is 35.1 Å². The molecular formula is C19H16ClFN4OS. The van der Waals surface area contributed by atoms with Crippen molar-refractivity contribution in [1.29, 1.82) is 0 Å². The third-order valence-electron chi connectivity index (χ3n) is 5.23. The molecular weight excluding hydrogens is 387 g/mol. The van der Waals surface area contributed by atoms with E-state index in [0.717, 1.165) is 11.1 Å². The van der Waals surface area contributed by atoms with Crippen LogP contribution in [0.15, 0.2) is 59.9 Å². The standard InChI is InChI=1S/C19H16ClFN4OS/c1-24(12-7-5-11(21)6-8-12)18(26)17-23-19(15(20)16(19)27-17)13-10-22-25-9-3-2-4-14(13)25/h2-10,15-16,18,26H,1H3.